The topological polar surface area (TPSA) is 78.4 Å². The first-order valence-electron chi connectivity index (χ1n) is 10.1. The van der Waals surface area contributed by atoms with E-state index >= 15 is 0 Å². The first-order chi connectivity index (χ1) is 14.5. The Balaban J connectivity index is 1.88. The molecule has 11 heteroatoms. The molecule has 0 radical (unpaired) electrons. The molecule has 0 aliphatic carbocycles. The maximum atomic E-state index is 13.7. The highest BCUT2D eigenvalue weighted by Gasteiger charge is 2.38. The molecule has 0 bridgehead atoms. The standard InChI is InChI=1S/C20H26F3N5O2S/c1-4-27-9-11-28(12-10-27)19-24-13-17(18(25-19)20(21,22)23)26-31(29,30)16-7-5-15(6-8-16)14(2)3/h5-8,13-14,26H,4,9-12H2,1-3H3. The Hall–Kier alpha value is -2.40. The summed E-state index contributed by atoms with van der Waals surface area (Å²) >= 11 is 0. The van der Waals surface area contributed by atoms with Gasteiger partial charge < -0.3 is 9.80 Å². The molecule has 0 spiro atoms. The van der Waals surface area contributed by atoms with E-state index in [4.69, 9.17) is 0 Å². The highest BCUT2D eigenvalue weighted by molar-refractivity contribution is 7.92. The molecule has 170 valence electrons. The third kappa shape index (κ3) is 5.45. The number of nitrogens with one attached hydrogen (secondary N) is 1. The molecule has 1 aliphatic heterocycles. The van der Waals surface area contributed by atoms with Gasteiger partial charge in [0.25, 0.3) is 10.0 Å². The molecule has 2 heterocycles. The van der Waals surface area contributed by atoms with E-state index in [1.807, 2.05) is 25.5 Å². The van der Waals surface area contributed by atoms with E-state index in [2.05, 4.69) is 14.9 Å². The maximum Gasteiger partial charge on any atom is 0.435 e. The van der Waals surface area contributed by atoms with Crippen LogP contribution in [0, 0.1) is 0 Å². The highest BCUT2D eigenvalue weighted by Crippen LogP contribution is 2.35. The van der Waals surface area contributed by atoms with Crippen molar-refractivity contribution in [3.05, 3.63) is 41.7 Å². The largest absolute Gasteiger partial charge is 0.435 e. The van der Waals surface area contributed by atoms with Crippen molar-refractivity contribution in [1.82, 2.24) is 14.9 Å². The molecule has 1 N–H and O–H groups in total. The summed E-state index contributed by atoms with van der Waals surface area (Å²) in [6.07, 6.45) is -3.96. The van der Waals surface area contributed by atoms with Crippen LogP contribution in [0.4, 0.5) is 24.8 Å². The number of alkyl halides is 3. The van der Waals surface area contributed by atoms with Crippen LogP contribution in [0.25, 0.3) is 0 Å². The van der Waals surface area contributed by atoms with E-state index in [1.54, 1.807) is 17.0 Å². The minimum atomic E-state index is -4.84. The van der Waals surface area contributed by atoms with Gasteiger partial charge in [-0.05, 0) is 30.2 Å². The fourth-order valence-corrected chi connectivity index (χ4v) is 4.37. The normalized spacial score (nSPS) is 16.0. The summed E-state index contributed by atoms with van der Waals surface area (Å²) in [6.45, 7) is 9.18. The fourth-order valence-electron chi connectivity index (χ4n) is 3.32. The number of halogens is 3. The zero-order valence-electron chi connectivity index (χ0n) is 17.6. The number of nitrogens with zero attached hydrogens (tertiary/aromatic N) is 4. The first-order valence-corrected chi connectivity index (χ1v) is 11.5. The molecule has 1 fully saturated rings. The van der Waals surface area contributed by atoms with Crippen molar-refractivity contribution in [3.63, 3.8) is 0 Å². The zero-order valence-corrected chi connectivity index (χ0v) is 18.5. The van der Waals surface area contributed by atoms with Gasteiger partial charge in [-0.15, -0.1) is 0 Å². The molecular formula is C20H26F3N5O2S. The smallest absolute Gasteiger partial charge is 0.338 e. The van der Waals surface area contributed by atoms with E-state index in [9.17, 15) is 21.6 Å². The van der Waals surface area contributed by atoms with Gasteiger partial charge in [-0.1, -0.05) is 32.9 Å². The summed E-state index contributed by atoms with van der Waals surface area (Å²) < 4.78 is 68.4. The van der Waals surface area contributed by atoms with E-state index in [-0.39, 0.29) is 16.8 Å². The van der Waals surface area contributed by atoms with Crippen molar-refractivity contribution < 1.29 is 21.6 Å². The number of rotatable bonds is 6. The number of likely N-dealkylation sites (N-methyl/N-ethyl adjacent to an activating group) is 1. The van der Waals surface area contributed by atoms with Gasteiger partial charge in [0, 0.05) is 26.2 Å². The van der Waals surface area contributed by atoms with Gasteiger partial charge in [0.05, 0.1) is 16.8 Å². The minimum absolute atomic E-state index is 0.0627. The fraction of sp³-hybridized carbons (Fsp3) is 0.500. The molecule has 0 amide bonds. The van der Waals surface area contributed by atoms with Crippen LogP contribution in [0.1, 0.15) is 37.9 Å². The number of hydrogen-bond donors (Lipinski definition) is 1. The van der Waals surface area contributed by atoms with Crippen LogP contribution in [0.3, 0.4) is 0 Å². The molecule has 0 atom stereocenters. The molecule has 0 saturated carbocycles. The van der Waals surface area contributed by atoms with Gasteiger partial charge in [0.15, 0.2) is 5.69 Å². The number of aromatic nitrogens is 2. The average molecular weight is 458 g/mol. The molecule has 3 rings (SSSR count). The summed E-state index contributed by atoms with van der Waals surface area (Å²) in [5.41, 5.74) is -1.08. The molecule has 1 aromatic heterocycles. The van der Waals surface area contributed by atoms with Crippen molar-refractivity contribution in [1.29, 1.82) is 0 Å². The second kappa shape index (κ2) is 8.99. The lowest BCUT2D eigenvalue weighted by Gasteiger charge is -2.34. The van der Waals surface area contributed by atoms with Gasteiger partial charge in [-0.25, -0.2) is 18.4 Å². The van der Waals surface area contributed by atoms with Crippen molar-refractivity contribution in [2.75, 3.05) is 42.3 Å². The molecule has 1 aliphatic rings. The monoisotopic (exact) mass is 457 g/mol. The van der Waals surface area contributed by atoms with Crippen LogP contribution in [0.15, 0.2) is 35.4 Å². The van der Waals surface area contributed by atoms with Gasteiger partial charge in [0.1, 0.15) is 0 Å². The predicted octanol–water partition coefficient (Wildman–Crippen LogP) is 3.56. The molecule has 31 heavy (non-hydrogen) atoms. The van der Waals surface area contributed by atoms with Gasteiger partial charge >= 0.3 is 6.18 Å². The molecule has 1 saturated heterocycles. The highest BCUT2D eigenvalue weighted by atomic mass is 32.2. The summed E-state index contributed by atoms with van der Waals surface area (Å²) in [5, 5.41) is 0. The summed E-state index contributed by atoms with van der Waals surface area (Å²) in [6, 6.07) is 6.01. The van der Waals surface area contributed by atoms with E-state index in [0.29, 0.717) is 26.2 Å². The summed E-state index contributed by atoms with van der Waals surface area (Å²) in [7, 11) is -4.24. The van der Waals surface area contributed by atoms with Crippen molar-refractivity contribution >= 4 is 21.7 Å². The Morgan fingerprint density at radius 3 is 2.23 bits per heavy atom. The van der Waals surface area contributed by atoms with Crippen LogP contribution in [-0.4, -0.2) is 56.0 Å². The van der Waals surface area contributed by atoms with Crippen LogP contribution in [0.5, 0.6) is 0 Å². The molecule has 1 aromatic carbocycles. The molecular weight excluding hydrogens is 431 g/mol. The summed E-state index contributed by atoms with van der Waals surface area (Å²) in [5.74, 6) is 0.133. The van der Waals surface area contributed by atoms with Gasteiger partial charge in [-0.3, -0.25) is 4.72 Å². The molecule has 7 nitrogen and oxygen atoms in total. The average Bonchev–Trinajstić information content (AvgIpc) is 2.73. The second-order valence-corrected chi connectivity index (χ2v) is 9.36. The zero-order chi connectivity index (χ0) is 22.8. The quantitative estimate of drug-likeness (QED) is 0.715. The van der Waals surface area contributed by atoms with E-state index < -0.39 is 27.6 Å². The third-order valence-corrected chi connectivity index (χ3v) is 6.63. The lowest BCUT2D eigenvalue weighted by atomic mass is 10.0. The lowest BCUT2D eigenvalue weighted by molar-refractivity contribution is -0.140. The van der Waals surface area contributed by atoms with Crippen molar-refractivity contribution in [3.8, 4) is 0 Å². The van der Waals surface area contributed by atoms with Crippen LogP contribution in [0.2, 0.25) is 0 Å². The van der Waals surface area contributed by atoms with Crippen LogP contribution in [-0.2, 0) is 16.2 Å². The SMILES string of the molecule is CCN1CCN(c2ncc(NS(=O)(=O)c3ccc(C(C)C)cc3)c(C(F)(F)F)n2)CC1. The van der Waals surface area contributed by atoms with Crippen molar-refractivity contribution in [2.45, 2.75) is 37.8 Å². The Bertz CT molecular complexity index is 1000. The number of sulfonamides is 1. The maximum absolute atomic E-state index is 13.7. The van der Waals surface area contributed by atoms with Gasteiger partial charge in [-0.2, -0.15) is 13.2 Å². The number of anilines is 2. The number of hydrogen-bond acceptors (Lipinski definition) is 6. The second-order valence-electron chi connectivity index (χ2n) is 7.68. The molecule has 2 aromatic rings. The third-order valence-electron chi connectivity index (χ3n) is 5.25. The Morgan fingerprint density at radius 2 is 1.71 bits per heavy atom. The van der Waals surface area contributed by atoms with Gasteiger partial charge in [0.2, 0.25) is 5.95 Å². The van der Waals surface area contributed by atoms with Crippen molar-refractivity contribution in [2.24, 2.45) is 0 Å². The van der Waals surface area contributed by atoms with Crippen LogP contribution >= 0.6 is 0 Å². The molecule has 0 unspecified atom stereocenters. The Labute approximate surface area is 180 Å². The van der Waals surface area contributed by atoms with Crippen LogP contribution < -0.4 is 9.62 Å². The summed E-state index contributed by atoms with van der Waals surface area (Å²) in [4.78, 5) is 11.4. The Morgan fingerprint density at radius 1 is 1.10 bits per heavy atom. The first kappa shape index (κ1) is 23.3. The number of piperazine rings is 1. The minimum Gasteiger partial charge on any atom is -0.338 e. The number of benzene rings is 1. The van der Waals surface area contributed by atoms with E-state index in [0.717, 1.165) is 18.3 Å². The van der Waals surface area contributed by atoms with E-state index in [1.165, 1.54) is 12.1 Å². The Kier molecular flexibility index (Phi) is 6.75. The predicted molar refractivity (Wildman–Crippen MR) is 113 cm³/mol. The lowest BCUT2D eigenvalue weighted by Crippen LogP contribution is -2.46.